The zero-order valence-corrected chi connectivity index (χ0v) is 20.2. The third-order valence-corrected chi connectivity index (χ3v) is 6.38. The lowest BCUT2D eigenvalue weighted by Gasteiger charge is -2.21. The van der Waals surface area contributed by atoms with Crippen LogP contribution in [0, 0.1) is 0 Å². The Bertz CT molecular complexity index is 1250. The molecule has 3 aromatic rings. The van der Waals surface area contributed by atoms with E-state index in [1.54, 1.807) is 67.8 Å². The van der Waals surface area contributed by atoms with Crippen LogP contribution in [0.4, 0.5) is 5.69 Å². The van der Waals surface area contributed by atoms with E-state index in [1.165, 1.54) is 6.07 Å². The molecular formula is C23H22Cl2N2O5S. The Balaban J connectivity index is 1.79. The van der Waals surface area contributed by atoms with E-state index in [0.717, 1.165) is 10.6 Å². The van der Waals surface area contributed by atoms with Gasteiger partial charge in [0, 0.05) is 22.7 Å². The van der Waals surface area contributed by atoms with Gasteiger partial charge in [-0.3, -0.25) is 4.79 Å². The van der Waals surface area contributed by atoms with Crippen molar-refractivity contribution in [2.75, 3.05) is 25.2 Å². The van der Waals surface area contributed by atoms with E-state index in [4.69, 9.17) is 32.7 Å². The second kappa shape index (κ2) is 10.9. The van der Waals surface area contributed by atoms with E-state index < -0.39 is 22.5 Å². The first-order chi connectivity index (χ1) is 15.7. The molecule has 0 saturated heterocycles. The van der Waals surface area contributed by atoms with Gasteiger partial charge >= 0.3 is 0 Å². The topological polar surface area (TPSA) is 84.9 Å². The highest BCUT2D eigenvalue weighted by molar-refractivity contribution is 7.88. The predicted octanol–water partition coefficient (Wildman–Crippen LogP) is 5.19. The molecule has 3 aromatic carbocycles. The van der Waals surface area contributed by atoms with Gasteiger partial charge in [0.05, 0.1) is 25.6 Å². The first kappa shape index (κ1) is 24.9. The van der Waals surface area contributed by atoms with Crippen LogP contribution in [0.2, 0.25) is 10.0 Å². The fourth-order valence-electron chi connectivity index (χ4n) is 2.94. The number of amides is 1. The molecule has 0 aliphatic rings. The van der Waals surface area contributed by atoms with E-state index in [-0.39, 0.29) is 6.54 Å². The molecule has 0 heterocycles. The molecule has 7 nitrogen and oxygen atoms in total. The van der Waals surface area contributed by atoms with Crippen molar-refractivity contribution in [3.05, 3.63) is 82.3 Å². The molecule has 1 N–H and O–H groups in total. The first-order valence-electron chi connectivity index (χ1n) is 9.75. The zero-order chi connectivity index (χ0) is 24.0. The van der Waals surface area contributed by atoms with Gasteiger partial charge in [-0.25, -0.2) is 8.42 Å². The molecule has 0 radical (unpaired) electrons. The van der Waals surface area contributed by atoms with Crippen LogP contribution in [0.1, 0.15) is 5.56 Å². The Morgan fingerprint density at radius 3 is 2.42 bits per heavy atom. The van der Waals surface area contributed by atoms with E-state index in [0.29, 0.717) is 38.5 Å². The summed E-state index contributed by atoms with van der Waals surface area (Å²) in [6, 6.07) is 18.6. The lowest BCUT2D eigenvalue weighted by Crippen LogP contribution is -2.37. The van der Waals surface area contributed by atoms with Gasteiger partial charge in [0.15, 0.2) is 5.75 Å². The minimum absolute atomic E-state index is 0.0470. The number of halogens is 2. The standard InChI is InChI=1S/C23H22Cl2N2O5S/c1-31-18-7-5-8-19(13-18)32-22-11-10-17(24)12-21(22)26-23(28)15-27(33(2,29)30)14-16-6-3-4-9-20(16)25/h3-13H,14-15H2,1-2H3,(H,26,28). The van der Waals surface area contributed by atoms with Crippen LogP contribution in [-0.4, -0.2) is 38.5 Å². The number of benzene rings is 3. The highest BCUT2D eigenvalue weighted by atomic mass is 35.5. The Hall–Kier alpha value is -2.78. The van der Waals surface area contributed by atoms with Crippen molar-refractivity contribution in [3.8, 4) is 17.2 Å². The summed E-state index contributed by atoms with van der Waals surface area (Å²) in [5, 5.41) is 3.47. The highest BCUT2D eigenvalue weighted by Crippen LogP contribution is 2.33. The lowest BCUT2D eigenvalue weighted by molar-refractivity contribution is -0.116. The Kier molecular flexibility index (Phi) is 8.20. The first-order valence-corrected chi connectivity index (χ1v) is 12.4. The smallest absolute Gasteiger partial charge is 0.239 e. The van der Waals surface area contributed by atoms with Gasteiger partial charge in [-0.15, -0.1) is 0 Å². The van der Waals surface area contributed by atoms with Crippen LogP contribution in [0.25, 0.3) is 0 Å². The number of nitrogens with zero attached hydrogens (tertiary/aromatic N) is 1. The number of sulfonamides is 1. The molecule has 0 spiro atoms. The van der Waals surface area contributed by atoms with Crippen LogP contribution in [0.15, 0.2) is 66.7 Å². The van der Waals surface area contributed by atoms with Crippen LogP contribution in [0.5, 0.6) is 17.2 Å². The normalized spacial score (nSPS) is 11.3. The number of methoxy groups -OCH3 is 1. The number of rotatable bonds is 9. The second-order valence-electron chi connectivity index (χ2n) is 7.09. The van der Waals surface area contributed by atoms with Crippen molar-refractivity contribution in [1.82, 2.24) is 4.31 Å². The molecule has 1 amide bonds. The van der Waals surface area contributed by atoms with Gasteiger partial charge in [-0.2, -0.15) is 4.31 Å². The number of anilines is 1. The maximum Gasteiger partial charge on any atom is 0.239 e. The summed E-state index contributed by atoms with van der Waals surface area (Å²) in [6.07, 6.45) is 1.04. The minimum atomic E-state index is -3.70. The highest BCUT2D eigenvalue weighted by Gasteiger charge is 2.22. The summed E-state index contributed by atoms with van der Waals surface area (Å²) in [5.74, 6) is 0.863. The number of carbonyl (C=O) groups is 1. The van der Waals surface area contributed by atoms with Crippen molar-refractivity contribution in [3.63, 3.8) is 0 Å². The molecule has 0 aliphatic heterocycles. The largest absolute Gasteiger partial charge is 0.497 e. The van der Waals surface area contributed by atoms with E-state index in [9.17, 15) is 13.2 Å². The average Bonchev–Trinajstić information content (AvgIpc) is 2.76. The monoisotopic (exact) mass is 508 g/mol. The molecule has 33 heavy (non-hydrogen) atoms. The molecule has 0 fully saturated rings. The fraction of sp³-hybridized carbons (Fsp3) is 0.174. The Labute approximate surface area is 202 Å². The maximum atomic E-state index is 12.8. The number of nitrogens with one attached hydrogen (secondary N) is 1. The van der Waals surface area contributed by atoms with E-state index in [2.05, 4.69) is 5.32 Å². The summed E-state index contributed by atoms with van der Waals surface area (Å²) in [5.41, 5.74) is 0.878. The lowest BCUT2D eigenvalue weighted by atomic mass is 10.2. The summed E-state index contributed by atoms with van der Waals surface area (Å²) < 4.78 is 36.7. The van der Waals surface area contributed by atoms with E-state index >= 15 is 0 Å². The molecule has 0 aromatic heterocycles. The number of carbonyl (C=O) groups excluding carboxylic acids is 1. The molecule has 174 valence electrons. The third-order valence-electron chi connectivity index (χ3n) is 4.58. The molecule has 0 atom stereocenters. The van der Waals surface area contributed by atoms with Crippen molar-refractivity contribution < 1.29 is 22.7 Å². The summed E-state index contributed by atoms with van der Waals surface area (Å²) >= 11 is 12.3. The van der Waals surface area contributed by atoms with Crippen LogP contribution >= 0.6 is 23.2 Å². The number of hydrogen-bond donors (Lipinski definition) is 1. The average molecular weight is 509 g/mol. The number of ether oxygens (including phenoxy) is 2. The van der Waals surface area contributed by atoms with Crippen molar-refractivity contribution >= 4 is 44.8 Å². The Morgan fingerprint density at radius 2 is 1.73 bits per heavy atom. The predicted molar refractivity (Wildman–Crippen MR) is 130 cm³/mol. The SMILES string of the molecule is COc1cccc(Oc2ccc(Cl)cc2NC(=O)CN(Cc2ccccc2Cl)S(C)(=O)=O)c1. The van der Waals surface area contributed by atoms with Crippen LogP contribution in [-0.2, 0) is 21.4 Å². The minimum Gasteiger partial charge on any atom is -0.497 e. The molecule has 0 bridgehead atoms. The van der Waals surface area contributed by atoms with Gasteiger partial charge in [-0.1, -0.05) is 47.5 Å². The van der Waals surface area contributed by atoms with Crippen LogP contribution < -0.4 is 14.8 Å². The van der Waals surface area contributed by atoms with Gasteiger partial charge in [0.2, 0.25) is 15.9 Å². The summed E-state index contributed by atoms with van der Waals surface area (Å²) in [4.78, 5) is 12.8. The molecule has 0 unspecified atom stereocenters. The summed E-state index contributed by atoms with van der Waals surface area (Å²) in [7, 11) is -2.15. The van der Waals surface area contributed by atoms with Gasteiger partial charge in [-0.05, 0) is 42.0 Å². The van der Waals surface area contributed by atoms with Crippen LogP contribution in [0.3, 0.4) is 0 Å². The zero-order valence-electron chi connectivity index (χ0n) is 17.9. The van der Waals surface area contributed by atoms with Gasteiger partial charge in [0.1, 0.15) is 11.5 Å². The van der Waals surface area contributed by atoms with Crippen molar-refractivity contribution in [1.29, 1.82) is 0 Å². The second-order valence-corrected chi connectivity index (χ2v) is 9.92. The fourth-order valence-corrected chi connectivity index (χ4v) is 4.03. The molecule has 10 heteroatoms. The molecular weight excluding hydrogens is 487 g/mol. The molecule has 0 aliphatic carbocycles. The quantitative estimate of drug-likeness (QED) is 0.429. The molecule has 0 saturated carbocycles. The van der Waals surface area contributed by atoms with Gasteiger partial charge < -0.3 is 14.8 Å². The maximum absolute atomic E-state index is 12.8. The molecule has 3 rings (SSSR count). The third kappa shape index (κ3) is 7.10. The Morgan fingerprint density at radius 1 is 1.00 bits per heavy atom. The summed E-state index contributed by atoms with van der Waals surface area (Å²) in [6.45, 7) is -0.468. The van der Waals surface area contributed by atoms with Gasteiger partial charge in [0.25, 0.3) is 0 Å². The van der Waals surface area contributed by atoms with E-state index in [1.807, 2.05) is 0 Å². The van der Waals surface area contributed by atoms with Crippen molar-refractivity contribution in [2.45, 2.75) is 6.54 Å². The number of hydrogen-bond acceptors (Lipinski definition) is 5. The van der Waals surface area contributed by atoms with Crippen molar-refractivity contribution in [2.24, 2.45) is 0 Å².